The number of rotatable bonds is 8. The van der Waals surface area contributed by atoms with E-state index in [1.165, 1.54) is 0 Å². The van der Waals surface area contributed by atoms with E-state index in [1.807, 2.05) is 0 Å². The molecule has 0 N–H and O–H groups in total. The molecule has 0 nitrogen and oxygen atoms in total. The molecular formula is C19H19F13. The topological polar surface area (TPSA) is 0 Å². The first kappa shape index (κ1) is 28.3. The van der Waals surface area contributed by atoms with Crippen LogP contribution in [0.4, 0.5) is 57.1 Å². The Balaban J connectivity index is 3.80. The van der Waals surface area contributed by atoms with Crippen molar-refractivity contribution in [3.05, 3.63) is 35.5 Å². The average molecular weight is 494 g/mol. The summed E-state index contributed by atoms with van der Waals surface area (Å²) in [5.41, 5.74) is -2.57. The molecule has 0 atom stereocenters. The van der Waals surface area contributed by atoms with Crippen LogP contribution in [0.5, 0.6) is 0 Å². The summed E-state index contributed by atoms with van der Waals surface area (Å²) in [7, 11) is 0. The number of alkyl halides is 13. The summed E-state index contributed by atoms with van der Waals surface area (Å²) in [5, 5.41) is 0. The Bertz CT molecular complexity index is 767. The Morgan fingerprint density at radius 3 is 1.56 bits per heavy atom. The van der Waals surface area contributed by atoms with E-state index in [2.05, 4.69) is 6.58 Å². The van der Waals surface area contributed by atoms with E-state index < -0.39 is 52.9 Å². The molecule has 0 amide bonds. The maximum absolute atomic E-state index is 14.8. The Hall–Kier alpha value is -1.69. The molecule has 0 saturated heterocycles. The summed E-state index contributed by atoms with van der Waals surface area (Å²) in [6.07, 6.45) is -6.02. The number of allylic oxidation sites excluding steroid dienone is 5. The molecule has 0 saturated carbocycles. The van der Waals surface area contributed by atoms with Gasteiger partial charge in [-0.2, -0.15) is 57.1 Å². The van der Waals surface area contributed by atoms with Gasteiger partial charge in [0.25, 0.3) is 0 Å². The van der Waals surface area contributed by atoms with Crippen LogP contribution in [0.15, 0.2) is 35.5 Å². The van der Waals surface area contributed by atoms with Crippen molar-refractivity contribution in [2.75, 3.05) is 0 Å². The normalized spacial score (nSPS) is 18.4. The molecule has 1 aliphatic carbocycles. The third-order valence-corrected chi connectivity index (χ3v) is 4.85. The highest BCUT2D eigenvalue weighted by Crippen LogP contribution is 2.62. The number of halogens is 13. The zero-order valence-electron chi connectivity index (χ0n) is 16.7. The molecule has 0 aromatic carbocycles. The minimum Gasteiger partial charge on any atom is -0.194 e. The highest BCUT2D eigenvalue weighted by Gasteiger charge is 2.91. The predicted octanol–water partition coefficient (Wildman–Crippen LogP) is 8.36. The summed E-state index contributed by atoms with van der Waals surface area (Å²) in [6.45, 7) is 5.58. The third kappa shape index (κ3) is 4.27. The van der Waals surface area contributed by atoms with Crippen LogP contribution in [0, 0.1) is 5.92 Å². The lowest BCUT2D eigenvalue weighted by molar-refractivity contribution is -0.436. The maximum atomic E-state index is 14.8. The van der Waals surface area contributed by atoms with E-state index in [-0.39, 0.29) is 24.8 Å². The van der Waals surface area contributed by atoms with Gasteiger partial charge in [-0.1, -0.05) is 32.6 Å². The zero-order chi connectivity index (χ0) is 25.6. The molecule has 0 fully saturated rings. The van der Waals surface area contributed by atoms with E-state index in [4.69, 9.17) is 0 Å². The minimum absolute atomic E-state index is 0.00534. The molecule has 0 bridgehead atoms. The average Bonchev–Trinajstić information content (AvgIpc) is 2.64. The first-order chi connectivity index (χ1) is 14.1. The number of hydrogen-bond acceptors (Lipinski definition) is 0. The molecule has 0 radical (unpaired) electrons. The van der Waals surface area contributed by atoms with E-state index >= 15 is 0 Å². The second kappa shape index (κ2) is 8.58. The lowest BCUT2D eigenvalue weighted by Gasteiger charge is -2.41. The van der Waals surface area contributed by atoms with Crippen molar-refractivity contribution in [1.29, 1.82) is 0 Å². The molecule has 0 spiro atoms. The summed E-state index contributed by atoms with van der Waals surface area (Å²) in [5.74, 6) is -38.1. The minimum atomic E-state index is -7.91. The van der Waals surface area contributed by atoms with Gasteiger partial charge in [-0.05, 0) is 42.7 Å². The molecule has 13 heteroatoms. The Morgan fingerprint density at radius 1 is 0.719 bits per heavy atom. The Labute approximate surface area is 174 Å². The van der Waals surface area contributed by atoms with Crippen molar-refractivity contribution in [1.82, 2.24) is 0 Å². The molecule has 32 heavy (non-hydrogen) atoms. The summed E-state index contributed by atoms with van der Waals surface area (Å²) in [6, 6.07) is 0. The van der Waals surface area contributed by atoms with Gasteiger partial charge in [-0.3, -0.25) is 0 Å². The molecule has 1 rings (SSSR count). The summed E-state index contributed by atoms with van der Waals surface area (Å²) >= 11 is 0. The Kier molecular flexibility index (Phi) is 7.60. The Morgan fingerprint density at radius 2 is 1.16 bits per heavy atom. The van der Waals surface area contributed by atoms with Gasteiger partial charge in [-0.25, -0.2) is 0 Å². The SMILES string of the molecule is C=CC1=C(C(=CC(C)C)C(F)(F)C(F)(F)C(F)(F)C(F)(F)C(F)(F)C(F)(F)F)CCCC1. The molecule has 0 aromatic rings. The lowest BCUT2D eigenvalue weighted by Crippen LogP contribution is -2.70. The molecule has 0 heterocycles. The lowest BCUT2D eigenvalue weighted by atomic mass is 9.80. The van der Waals surface area contributed by atoms with Crippen LogP contribution in [0.3, 0.4) is 0 Å². The van der Waals surface area contributed by atoms with Crippen molar-refractivity contribution in [3.63, 3.8) is 0 Å². The van der Waals surface area contributed by atoms with E-state index in [9.17, 15) is 57.1 Å². The molecule has 0 unspecified atom stereocenters. The van der Waals surface area contributed by atoms with Crippen LogP contribution >= 0.6 is 0 Å². The van der Waals surface area contributed by atoms with Gasteiger partial charge in [0.1, 0.15) is 0 Å². The standard InChI is InChI=1S/C19H19F13/c1-4-11-7-5-6-8-12(11)13(9-10(2)3)14(20,21)15(22,23)16(24,25)17(26,27)18(28,29)19(30,31)32/h4,9-10H,1,5-8H2,2-3H3. The molecule has 0 aromatic heterocycles. The van der Waals surface area contributed by atoms with Crippen LogP contribution in [0.25, 0.3) is 0 Å². The van der Waals surface area contributed by atoms with Crippen LogP contribution in [0.2, 0.25) is 0 Å². The van der Waals surface area contributed by atoms with Crippen LogP contribution in [0.1, 0.15) is 39.5 Å². The van der Waals surface area contributed by atoms with Crippen LogP contribution in [-0.4, -0.2) is 35.8 Å². The highest BCUT2D eigenvalue weighted by molar-refractivity contribution is 5.46. The monoisotopic (exact) mass is 494 g/mol. The van der Waals surface area contributed by atoms with Crippen molar-refractivity contribution < 1.29 is 57.1 Å². The van der Waals surface area contributed by atoms with Gasteiger partial charge in [0.05, 0.1) is 0 Å². The fraction of sp³-hybridized carbons (Fsp3) is 0.684. The zero-order valence-corrected chi connectivity index (χ0v) is 16.7. The van der Waals surface area contributed by atoms with E-state index in [1.54, 1.807) is 0 Å². The maximum Gasteiger partial charge on any atom is 0.460 e. The van der Waals surface area contributed by atoms with E-state index in [0.717, 1.165) is 19.9 Å². The molecule has 186 valence electrons. The third-order valence-electron chi connectivity index (χ3n) is 4.85. The predicted molar refractivity (Wildman–Crippen MR) is 89.4 cm³/mol. The molecule has 0 aliphatic heterocycles. The number of hydrogen-bond donors (Lipinski definition) is 0. The van der Waals surface area contributed by atoms with Gasteiger partial charge in [0, 0.05) is 5.57 Å². The fourth-order valence-electron chi connectivity index (χ4n) is 3.13. The fourth-order valence-corrected chi connectivity index (χ4v) is 3.13. The van der Waals surface area contributed by atoms with Gasteiger partial charge < -0.3 is 0 Å². The van der Waals surface area contributed by atoms with Gasteiger partial charge in [0.2, 0.25) is 0 Å². The van der Waals surface area contributed by atoms with E-state index in [0.29, 0.717) is 12.5 Å². The van der Waals surface area contributed by atoms with Crippen LogP contribution in [-0.2, 0) is 0 Å². The molecular weight excluding hydrogens is 475 g/mol. The van der Waals surface area contributed by atoms with Crippen molar-refractivity contribution >= 4 is 0 Å². The first-order valence-electron chi connectivity index (χ1n) is 9.14. The quantitative estimate of drug-likeness (QED) is 0.298. The van der Waals surface area contributed by atoms with Crippen molar-refractivity contribution in [3.8, 4) is 0 Å². The van der Waals surface area contributed by atoms with Crippen LogP contribution < -0.4 is 0 Å². The summed E-state index contributed by atoms with van der Waals surface area (Å²) < 4.78 is 176. The molecule has 1 aliphatic rings. The van der Waals surface area contributed by atoms with Crippen molar-refractivity contribution in [2.45, 2.75) is 75.3 Å². The van der Waals surface area contributed by atoms with Crippen molar-refractivity contribution in [2.24, 2.45) is 5.92 Å². The van der Waals surface area contributed by atoms with Gasteiger partial charge in [-0.15, -0.1) is 0 Å². The van der Waals surface area contributed by atoms with Gasteiger partial charge in [0.15, 0.2) is 0 Å². The largest absolute Gasteiger partial charge is 0.460 e. The second-order valence-electron chi connectivity index (χ2n) is 7.61. The first-order valence-corrected chi connectivity index (χ1v) is 9.14. The smallest absolute Gasteiger partial charge is 0.194 e. The second-order valence-corrected chi connectivity index (χ2v) is 7.61. The van der Waals surface area contributed by atoms with Gasteiger partial charge >= 0.3 is 35.8 Å². The summed E-state index contributed by atoms with van der Waals surface area (Å²) in [4.78, 5) is 0. The highest BCUT2D eigenvalue weighted by atomic mass is 19.4.